The maximum atomic E-state index is 12.5. The molecule has 0 spiro atoms. The first kappa shape index (κ1) is 16.8. The molecule has 2 aliphatic heterocycles. The second kappa shape index (κ2) is 6.10. The smallest absolute Gasteiger partial charge is 0.322 e. The molecule has 2 amide bonds. The van der Waals surface area contributed by atoms with Crippen molar-refractivity contribution in [1.82, 2.24) is 16.0 Å². The number of carbonyl (C=O) groups excluding carboxylic acids is 2. The van der Waals surface area contributed by atoms with Crippen molar-refractivity contribution in [1.29, 1.82) is 0 Å². The maximum Gasteiger partial charge on any atom is 0.322 e. The van der Waals surface area contributed by atoms with Crippen molar-refractivity contribution < 1.29 is 19.5 Å². The van der Waals surface area contributed by atoms with Gasteiger partial charge in [0.15, 0.2) is 0 Å². The summed E-state index contributed by atoms with van der Waals surface area (Å²) >= 11 is 1.35. The average Bonchev–Trinajstić information content (AvgIpc) is 2.85. The quantitative estimate of drug-likeness (QED) is 0.623. The summed E-state index contributed by atoms with van der Waals surface area (Å²) in [6.45, 7) is 3.61. The van der Waals surface area contributed by atoms with Gasteiger partial charge in [0.25, 0.3) is 0 Å². The molecule has 2 saturated heterocycles. The van der Waals surface area contributed by atoms with Crippen molar-refractivity contribution in [3.63, 3.8) is 0 Å². The molecular weight excluding hydrogens is 330 g/mol. The molecule has 24 heavy (non-hydrogen) atoms. The van der Waals surface area contributed by atoms with Gasteiger partial charge >= 0.3 is 5.97 Å². The third-order valence-corrected chi connectivity index (χ3v) is 5.77. The highest BCUT2D eigenvalue weighted by Crippen LogP contribution is 2.39. The molecule has 0 saturated carbocycles. The van der Waals surface area contributed by atoms with E-state index in [-0.39, 0.29) is 11.8 Å². The molecule has 4 atom stereocenters. The number of nitrogens with one attached hydrogen (secondary N) is 3. The van der Waals surface area contributed by atoms with Crippen molar-refractivity contribution in [2.24, 2.45) is 0 Å². The summed E-state index contributed by atoms with van der Waals surface area (Å²) in [6.07, 6.45) is 0. The molecule has 4 N–H and O–H groups in total. The lowest BCUT2D eigenvalue weighted by atomic mass is 10.0. The van der Waals surface area contributed by atoms with Gasteiger partial charge in [-0.2, -0.15) is 0 Å². The number of thioether (sulfide) groups is 1. The van der Waals surface area contributed by atoms with Crippen LogP contribution in [0, 0.1) is 0 Å². The third-order valence-electron chi connectivity index (χ3n) is 4.27. The van der Waals surface area contributed by atoms with E-state index in [9.17, 15) is 19.5 Å². The van der Waals surface area contributed by atoms with Crippen LogP contribution in [0.1, 0.15) is 25.5 Å². The van der Waals surface area contributed by atoms with Crippen molar-refractivity contribution in [2.75, 3.05) is 0 Å². The number of amides is 2. The Labute approximate surface area is 143 Å². The monoisotopic (exact) mass is 349 g/mol. The number of hydrogen-bond donors (Lipinski definition) is 4. The van der Waals surface area contributed by atoms with Gasteiger partial charge in [-0.15, -0.1) is 11.8 Å². The molecule has 128 valence electrons. The number of piperazine rings is 1. The van der Waals surface area contributed by atoms with Crippen LogP contribution in [0.3, 0.4) is 0 Å². The number of aliphatic carboxylic acids is 1. The molecule has 0 aliphatic carbocycles. The van der Waals surface area contributed by atoms with Gasteiger partial charge in [-0.3, -0.25) is 19.7 Å². The average molecular weight is 349 g/mol. The van der Waals surface area contributed by atoms with Gasteiger partial charge in [-0.05, 0) is 19.4 Å². The maximum absolute atomic E-state index is 12.5. The van der Waals surface area contributed by atoms with Crippen LogP contribution in [-0.2, 0) is 14.4 Å². The van der Waals surface area contributed by atoms with Crippen molar-refractivity contribution in [3.05, 3.63) is 35.9 Å². The first-order chi connectivity index (χ1) is 11.3. The molecule has 0 radical (unpaired) electrons. The van der Waals surface area contributed by atoms with E-state index >= 15 is 0 Å². The van der Waals surface area contributed by atoms with Crippen molar-refractivity contribution in [3.8, 4) is 0 Å². The van der Waals surface area contributed by atoms with E-state index in [2.05, 4.69) is 16.0 Å². The Morgan fingerprint density at radius 3 is 2.38 bits per heavy atom. The van der Waals surface area contributed by atoms with E-state index in [1.807, 2.05) is 6.07 Å². The van der Waals surface area contributed by atoms with Gasteiger partial charge in [-0.25, -0.2) is 0 Å². The van der Waals surface area contributed by atoms with Crippen LogP contribution >= 0.6 is 11.8 Å². The molecule has 3 rings (SSSR count). The van der Waals surface area contributed by atoms with E-state index in [0.717, 1.165) is 0 Å². The Morgan fingerprint density at radius 2 is 1.79 bits per heavy atom. The highest BCUT2D eigenvalue weighted by atomic mass is 32.2. The lowest BCUT2D eigenvalue weighted by Gasteiger charge is -2.32. The summed E-state index contributed by atoms with van der Waals surface area (Å²) in [5.74, 6) is -1.60. The first-order valence-electron chi connectivity index (χ1n) is 7.62. The van der Waals surface area contributed by atoms with Crippen LogP contribution in [0.2, 0.25) is 0 Å². The first-order valence-corrected chi connectivity index (χ1v) is 8.50. The minimum absolute atomic E-state index is 0.301. The van der Waals surface area contributed by atoms with Crippen LogP contribution in [0.4, 0.5) is 0 Å². The Morgan fingerprint density at radius 1 is 1.12 bits per heavy atom. The number of rotatable bonds is 3. The fourth-order valence-electron chi connectivity index (χ4n) is 3.02. The molecule has 0 bridgehead atoms. The van der Waals surface area contributed by atoms with Gasteiger partial charge < -0.3 is 15.7 Å². The topological polar surface area (TPSA) is 108 Å². The predicted octanol–water partition coefficient (Wildman–Crippen LogP) is 0.237. The van der Waals surface area contributed by atoms with E-state index in [1.165, 1.54) is 11.8 Å². The zero-order chi connectivity index (χ0) is 17.5. The normalized spacial score (nSPS) is 32.1. The lowest BCUT2D eigenvalue weighted by Crippen LogP contribution is -2.63. The molecule has 7 nitrogen and oxygen atoms in total. The summed E-state index contributed by atoms with van der Waals surface area (Å²) in [5, 5.41) is 17.2. The van der Waals surface area contributed by atoms with E-state index in [1.54, 1.807) is 38.1 Å². The molecule has 0 aromatic heterocycles. The lowest BCUT2D eigenvalue weighted by molar-refractivity contribution is -0.140. The van der Waals surface area contributed by atoms with Gasteiger partial charge in [0.1, 0.15) is 18.1 Å². The minimum atomic E-state index is -0.972. The van der Waals surface area contributed by atoms with Crippen LogP contribution in [0.15, 0.2) is 30.3 Å². The summed E-state index contributed by atoms with van der Waals surface area (Å²) in [4.78, 5) is 36.2. The Hall–Kier alpha value is -2.06. The zero-order valence-electron chi connectivity index (χ0n) is 13.3. The predicted molar refractivity (Wildman–Crippen MR) is 89.3 cm³/mol. The molecule has 2 aliphatic rings. The molecule has 2 heterocycles. The minimum Gasteiger partial charge on any atom is -0.480 e. The Bertz CT molecular complexity index is 679. The molecule has 1 aromatic carbocycles. The Balaban J connectivity index is 1.75. The van der Waals surface area contributed by atoms with Crippen molar-refractivity contribution in [2.45, 2.75) is 42.1 Å². The highest BCUT2D eigenvalue weighted by molar-refractivity contribution is 8.01. The van der Waals surface area contributed by atoms with Crippen LogP contribution in [0.5, 0.6) is 0 Å². The van der Waals surface area contributed by atoms with Crippen LogP contribution < -0.4 is 16.0 Å². The van der Waals surface area contributed by atoms with Gasteiger partial charge in [0, 0.05) is 4.75 Å². The summed E-state index contributed by atoms with van der Waals surface area (Å²) in [7, 11) is 0. The standard InChI is InChI=1S/C16H19N3O4S/c1-16(2)11(15(22)23)19-14(24-16)10-13(21)17-9(12(20)18-10)8-6-4-3-5-7-8/h3-7,9-11,14,19H,1-2H3,(H,17,21)(H,18,20)(H,22,23)/t9-,10+,11+,14+/m0/s1. The van der Waals surface area contributed by atoms with E-state index < -0.39 is 34.2 Å². The molecule has 2 fully saturated rings. The van der Waals surface area contributed by atoms with E-state index in [4.69, 9.17) is 0 Å². The van der Waals surface area contributed by atoms with Gasteiger partial charge in [0.05, 0.1) is 5.37 Å². The van der Waals surface area contributed by atoms with Crippen molar-refractivity contribution >= 4 is 29.5 Å². The fourth-order valence-corrected chi connectivity index (χ4v) is 4.51. The highest BCUT2D eigenvalue weighted by Gasteiger charge is 2.50. The summed E-state index contributed by atoms with van der Waals surface area (Å²) in [5.41, 5.74) is 0.706. The van der Waals surface area contributed by atoms with Crippen LogP contribution in [-0.4, -0.2) is 45.1 Å². The SMILES string of the molecule is CC1(C)S[C@H]([C@@H]2NC(=O)[C@H](c3ccccc3)NC2=O)N[C@@H]1C(=O)O. The molecule has 1 aromatic rings. The number of benzene rings is 1. The fraction of sp³-hybridized carbons (Fsp3) is 0.438. The number of carboxylic acid groups (broad SMARTS) is 1. The summed E-state index contributed by atoms with van der Waals surface area (Å²) in [6, 6.07) is 6.65. The Kier molecular flexibility index (Phi) is 4.27. The second-order valence-electron chi connectivity index (χ2n) is 6.42. The molecule has 8 heteroatoms. The second-order valence-corrected chi connectivity index (χ2v) is 8.21. The largest absolute Gasteiger partial charge is 0.480 e. The third kappa shape index (κ3) is 2.99. The summed E-state index contributed by atoms with van der Waals surface area (Å²) < 4.78 is -0.586. The van der Waals surface area contributed by atoms with E-state index in [0.29, 0.717) is 5.56 Å². The zero-order valence-corrected chi connectivity index (χ0v) is 14.1. The molecule has 0 unspecified atom stereocenters. The van der Waals surface area contributed by atoms with Crippen LogP contribution in [0.25, 0.3) is 0 Å². The number of carbonyl (C=O) groups is 3. The van der Waals surface area contributed by atoms with Gasteiger partial charge in [0.2, 0.25) is 11.8 Å². The molecular formula is C16H19N3O4S. The van der Waals surface area contributed by atoms with Gasteiger partial charge in [-0.1, -0.05) is 30.3 Å². The number of hydrogen-bond acceptors (Lipinski definition) is 5. The number of carboxylic acids is 1.